The van der Waals surface area contributed by atoms with Crippen LogP contribution in [0.3, 0.4) is 0 Å². The lowest BCUT2D eigenvalue weighted by atomic mass is 9.78. The highest BCUT2D eigenvalue weighted by Crippen LogP contribution is 2.51. The fourth-order valence-corrected chi connectivity index (χ4v) is 8.68. The van der Waals surface area contributed by atoms with Crippen molar-refractivity contribution in [3.05, 3.63) is 167 Å². The second-order valence-corrected chi connectivity index (χ2v) is 14.0. The second-order valence-electron chi connectivity index (χ2n) is 14.0. The first-order chi connectivity index (χ1) is 23.0. The molecule has 222 valence electrons. The van der Waals surface area contributed by atoms with E-state index >= 15 is 0 Å². The van der Waals surface area contributed by atoms with E-state index in [-0.39, 0.29) is 5.41 Å². The SMILES string of the molecule is CC1(C)c2cc(-c3ccc(-c4cccc5ccccc45)cc3)ccc2-c2ccc(-c3ccc4c5c6c(ccc35)C=CCC6=CC4)cc21. The van der Waals surface area contributed by atoms with E-state index in [9.17, 15) is 0 Å². The van der Waals surface area contributed by atoms with Crippen molar-refractivity contribution in [3.63, 3.8) is 0 Å². The van der Waals surface area contributed by atoms with Crippen molar-refractivity contribution in [2.75, 3.05) is 0 Å². The molecule has 7 aromatic carbocycles. The van der Waals surface area contributed by atoms with Crippen molar-refractivity contribution >= 4 is 33.2 Å². The lowest BCUT2D eigenvalue weighted by molar-refractivity contribution is 0.661. The third-order valence-corrected chi connectivity index (χ3v) is 11.1. The number of hydrogen-bond donors (Lipinski definition) is 0. The Morgan fingerprint density at radius 2 is 1.19 bits per heavy atom. The Labute approximate surface area is 276 Å². The van der Waals surface area contributed by atoms with Gasteiger partial charge in [-0.25, -0.2) is 0 Å². The molecule has 7 aromatic rings. The van der Waals surface area contributed by atoms with Crippen LogP contribution in [0, 0.1) is 0 Å². The normalized spacial score (nSPS) is 15.1. The van der Waals surface area contributed by atoms with Gasteiger partial charge in [-0.1, -0.05) is 147 Å². The van der Waals surface area contributed by atoms with Crippen molar-refractivity contribution in [3.8, 4) is 44.5 Å². The molecule has 0 heterocycles. The summed E-state index contributed by atoms with van der Waals surface area (Å²) in [6.07, 6.45) is 9.11. The standard InChI is InChI=1S/C47H34/c1-47(2)43-27-35(29-13-15-31(16-14-29)38-12-6-8-30-7-3-4-11-37(30)38)21-24-40(43)41-25-22-36(28-44(41)47)39-23-19-34-18-17-32-9-5-10-33-20-26-42(39)46(34)45(32)33/h3-8,10-17,19-28H,9,18H2,1-2H3. The van der Waals surface area contributed by atoms with E-state index in [1.807, 2.05) is 0 Å². The molecule has 0 aliphatic heterocycles. The molecule has 3 aliphatic rings. The van der Waals surface area contributed by atoms with E-state index in [2.05, 4.69) is 159 Å². The molecular weight excluding hydrogens is 565 g/mol. The minimum Gasteiger partial charge on any atom is -0.0795 e. The van der Waals surface area contributed by atoms with Crippen LogP contribution in [0.4, 0.5) is 0 Å². The van der Waals surface area contributed by atoms with Crippen molar-refractivity contribution in [1.29, 1.82) is 0 Å². The van der Waals surface area contributed by atoms with Crippen molar-refractivity contribution in [2.45, 2.75) is 32.1 Å². The highest BCUT2D eigenvalue weighted by molar-refractivity contribution is 6.08. The maximum atomic E-state index is 2.48. The van der Waals surface area contributed by atoms with Gasteiger partial charge in [0.15, 0.2) is 0 Å². The molecule has 0 nitrogen and oxygen atoms in total. The molecule has 0 N–H and O–H groups in total. The number of allylic oxidation sites excluding steroid dienone is 3. The van der Waals surface area contributed by atoms with Crippen LogP contribution in [0.1, 0.15) is 48.1 Å². The van der Waals surface area contributed by atoms with Crippen molar-refractivity contribution in [1.82, 2.24) is 0 Å². The lowest BCUT2D eigenvalue weighted by Gasteiger charge is -2.25. The number of hydrogen-bond acceptors (Lipinski definition) is 0. The van der Waals surface area contributed by atoms with Gasteiger partial charge >= 0.3 is 0 Å². The molecular formula is C47H34. The Morgan fingerprint density at radius 3 is 2.04 bits per heavy atom. The minimum atomic E-state index is -0.0966. The van der Waals surface area contributed by atoms with Gasteiger partial charge in [0.05, 0.1) is 0 Å². The van der Waals surface area contributed by atoms with Crippen LogP contribution in [0.2, 0.25) is 0 Å². The Bertz CT molecular complexity index is 2510. The van der Waals surface area contributed by atoms with E-state index in [0.29, 0.717) is 0 Å². The molecule has 0 aromatic heterocycles. The van der Waals surface area contributed by atoms with Crippen LogP contribution >= 0.6 is 0 Å². The first kappa shape index (κ1) is 26.7. The van der Waals surface area contributed by atoms with E-state index in [0.717, 1.165) is 12.8 Å². The predicted octanol–water partition coefficient (Wildman–Crippen LogP) is 12.7. The number of rotatable bonds is 3. The Balaban J connectivity index is 1.03. The second kappa shape index (κ2) is 9.77. The highest BCUT2D eigenvalue weighted by Gasteiger charge is 2.36. The van der Waals surface area contributed by atoms with Gasteiger partial charge in [0.1, 0.15) is 0 Å². The third kappa shape index (κ3) is 3.88. The van der Waals surface area contributed by atoms with E-state index in [4.69, 9.17) is 0 Å². The molecule has 0 radical (unpaired) electrons. The summed E-state index contributed by atoms with van der Waals surface area (Å²) in [6, 6.07) is 48.0. The topological polar surface area (TPSA) is 0 Å². The Morgan fingerprint density at radius 1 is 0.511 bits per heavy atom. The van der Waals surface area contributed by atoms with Crippen LogP contribution in [-0.2, 0) is 11.8 Å². The van der Waals surface area contributed by atoms with E-state index < -0.39 is 0 Å². The summed E-state index contributed by atoms with van der Waals surface area (Å²) in [5.41, 5.74) is 18.9. The Hall–Kier alpha value is -5.46. The first-order valence-corrected chi connectivity index (χ1v) is 16.9. The summed E-state index contributed by atoms with van der Waals surface area (Å²) in [5.74, 6) is 0. The fourth-order valence-electron chi connectivity index (χ4n) is 8.68. The molecule has 0 heteroatoms. The maximum absolute atomic E-state index is 2.48. The summed E-state index contributed by atoms with van der Waals surface area (Å²) < 4.78 is 0. The predicted molar refractivity (Wildman–Crippen MR) is 201 cm³/mol. The van der Waals surface area contributed by atoms with Crippen molar-refractivity contribution < 1.29 is 0 Å². The quantitative estimate of drug-likeness (QED) is 0.190. The molecule has 0 atom stereocenters. The Kier molecular flexibility index (Phi) is 5.56. The molecule has 0 spiro atoms. The molecule has 47 heavy (non-hydrogen) atoms. The van der Waals surface area contributed by atoms with Gasteiger partial charge in [-0.15, -0.1) is 0 Å². The van der Waals surface area contributed by atoms with Crippen LogP contribution in [0.25, 0.3) is 77.7 Å². The minimum absolute atomic E-state index is 0.0966. The average molecular weight is 599 g/mol. The van der Waals surface area contributed by atoms with Crippen LogP contribution < -0.4 is 0 Å². The molecule has 0 amide bonds. The van der Waals surface area contributed by atoms with E-state index in [1.165, 1.54) is 99.4 Å². The summed E-state index contributed by atoms with van der Waals surface area (Å²) >= 11 is 0. The molecule has 0 saturated carbocycles. The van der Waals surface area contributed by atoms with Gasteiger partial charge in [-0.3, -0.25) is 0 Å². The third-order valence-electron chi connectivity index (χ3n) is 11.1. The smallest absolute Gasteiger partial charge is 0.0159 e. The molecule has 0 bridgehead atoms. The van der Waals surface area contributed by atoms with Gasteiger partial charge in [-0.2, -0.15) is 0 Å². The largest absolute Gasteiger partial charge is 0.0795 e. The highest BCUT2D eigenvalue weighted by atomic mass is 14.4. The maximum Gasteiger partial charge on any atom is 0.0159 e. The number of benzene rings is 7. The van der Waals surface area contributed by atoms with Gasteiger partial charge in [-0.05, 0) is 124 Å². The summed E-state index contributed by atoms with van der Waals surface area (Å²) in [7, 11) is 0. The summed E-state index contributed by atoms with van der Waals surface area (Å²) in [4.78, 5) is 0. The molecule has 10 rings (SSSR count). The average Bonchev–Trinajstić information content (AvgIpc) is 3.35. The molecule has 3 aliphatic carbocycles. The zero-order valence-corrected chi connectivity index (χ0v) is 26.8. The van der Waals surface area contributed by atoms with E-state index in [1.54, 1.807) is 0 Å². The number of fused-ring (bicyclic) bond motifs is 4. The van der Waals surface area contributed by atoms with Crippen molar-refractivity contribution in [2.24, 2.45) is 0 Å². The summed E-state index contributed by atoms with van der Waals surface area (Å²) in [5, 5.41) is 5.41. The van der Waals surface area contributed by atoms with Gasteiger partial charge in [0, 0.05) is 5.41 Å². The van der Waals surface area contributed by atoms with Gasteiger partial charge < -0.3 is 0 Å². The van der Waals surface area contributed by atoms with Gasteiger partial charge in [0.2, 0.25) is 0 Å². The summed E-state index contributed by atoms with van der Waals surface area (Å²) in [6.45, 7) is 4.79. The van der Waals surface area contributed by atoms with Crippen LogP contribution in [0.15, 0.2) is 140 Å². The monoisotopic (exact) mass is 598 g/mol. The lowest BCUT2D eigenvalue weighted by Crippen LogP contribution is -2.15. The molecule has 0 saturated heterocycles. The van der Waals surface area contributed by atoms with Crippen LogP contribution in [0.5, 0.6) is 0 Å². The molecule has 0 fully saturated rings. The van der Waals surface area contributed by atoms with Gasteiger partial charge in [0.25, 0.3) is 0 Å². The van der Waals surface area contributed by atoms with Crippen LogP contribution in [-0.4, -0.2) is 0 Å². The zero-order chi connectivity index (χ0) is 31.3. The first-order valence-electron chi connectivity index (χ1n) is 16.9. The molecule has 0 unspecified atom stereocenters. The fraction of sp³-hybridized carbons (Fsp3) is 0.106. The zero-order valence-electron chi connectivity index (χ0n) is 26.8.